The van der Waals surface area contributed by atoms with Crippen molar-refractivity contribution in [3.05, 3.63) is 23.3 Å². The minimum Gasteiger partial charge on any atom is -0.325 e. The van der Waals surface area contributed by atoms with Crippen molar-refractivity contribution in [3.8, 4) is 0 Å². The molecule has 2 N–H and O–H groups in total. The molecule has 1 heterocycles. The molecule has 0 aliphatic carbocycles. The van der Waals surface area contributed by atoms with E-state index in [9.17, 15) is 0 Å². The third kappa shape index (κ3) is 2.95. The van der Waals surface area contributed by atoms with Crippen LogP contribution in [-0.4, -0.2) is 9.97 Å². The van der Waals surface area contributed by atoms with E-state index in [1.165, 1.54) is 0 Å². The molecule has 1 aromatic rings. The van der Waals surface area contributed by atoms with Gasteiger partial charge in [0.15, 0.2) is 5.82 Å². The normalized spacial score (nSPS) is 11.8. The van der Waals surface area contributed by atoms with Crippen LogP contribution in [0.15, 0.2) is 6.07 Å². The average Bonchev–Trinajstić information content (AvgIpc) is 2.01. The van der Waals surface area contributed by atoms with Crippen molar-refractivity contribution in [1.82, 2.24) is 9.97 Å². The summed E-state index contributed by atoms with van der Waals surface area (Å²) in [5.41, 5.74) is 6.81. The van der Waals surface area contributed by atoms with Crippen LogP contribution in [0.4, 0.5) is 0 Å². The largest absolute Gasteiger partial charge is 0.325 e. The lowest BCUT2D eigenvalue weighted by molar-refractivity contribution is 0.871. The van der Waals surface area contributed by atoms with Gasteiger partial charge in [-0.15, -0.1) is 0 Å². The third-order valence-electron chi connectivity index (χ3n) is 1.37. The second kappa shape index (κ2) is 3.96. The van der Waals surface area contributed by atoms with E-state index in [4.69, 9.17) is 40.5 Å². The van der Waals surface area contributed by atoms with E-state index in [0.717, 1.165) is 5.69 Å². The number of halogens is 3. The molecule has 0 fully saturated rings. The zero-order valence-corrected chi connectivity index (χ0v) is 9.16. The second-order valence-corrected chi connectivity index (χ2v) is 4.81. The van der Waals surface area contributed by atoms with Crippen LogP contribution < -0.4 is 5.73 Å². The Kier molecular flexibility index (Phi) is 3.35. The van der Waals surface area contributed by atoms with E-state index in [1.54, 1.807) is 13.0 Å². The van der Waals surface area contributed by atoms with Crippen molar-refractivity contribution < 1.29 is 0 Å². The first kappa shape index (κ1) is 11.0. The number of aryl methyl sites for hydroxylation is 1. The number of aromatic nitrogens is 2. The Labute approximate surface area is 91.2 Å². The molecule has 0 radical (unpaired) electrons. The second-order valence-electron chi connectivity index (χ2n) is 2.53. The summed E-state index contributed by atoms with van der Waals surface area (Å²) in [7, 11) is 0. The minimum absolute atomic E-state index is 0.165. The van der Waals surface area contributed by atoms with Crippen molar-refractivity contribution in [2.24, 2.45) is 5.73 Å². The summed E-state index contributed by atoms with van der Waals surface area (Å²) in [5, 5.41) is 0. The van der Waals surface area contributed by atoms with E-state index < -0.39 is 3.79 Å². The summed E-state index contributed by atoms with van der Waals surface area (Å²) in [6, 6.07) is 1.75. The van der Waals surface area contributed by atoms with Crippen LogP contribution >= 0.6 is 34.8 Å². The highest BCUT2D eigenvalue weighted by Gasteiger charge is 2.26. The molecule has 0 amide bonds. The molecule has 0 bridgehead atoms. The fourth-order valence-corrected chi connectivity index (χ4v) is 1.12. The molecule has 0 aliphatic heterocycles. The topological polar surface area (TPSA) is 51.8 Å². The van der Waals surface area contributed by atoms with Gasteiger partial charge in [-0.05, 0) is 13.0 Å². The summed E-state index contributed by atoms with van der Waals surface area (Å²) in [5.74, 6) is 0.165. The monoisotopic (exact) mass is 239 g/mol. The van der Waals surface area contributed by atoms with Crippen molar-refractivity contribution in [2.45, 2.75) is 17.3 Å². The molecule has 0 saturated heterocycles. The number of alkyl halides is 3. The Hall–Kier alpha value is -0.0900. The maximum absolute atomic E-state index is 5.62. The molecule has 13 heavy (non-hydrogen) atoms. The predicted octanol–water partition coefficient (Wildman–Crippen LogP) is 2.07. The summed E-state index contributed by atoms with van der Waals surface area (Å²) in [6.07, 6.45) is 0. The highest BCUT2D eigenvalue weighted by atomic mass is 35.6. The van der Waals surface area contributed by atoms with Crippen LogP contribution in [-0.2, 0) is 10.3 Å². The predicted molar refractivity (Wildman–Crippen MR) is 53.9 cm³/mol. The van der Waals surface area contributed by atoms with Gasteiger partial charge in [0.1, 0.15) is 0 Å². The molecule has 1 rings (SSSR count). The van der Waals surface area contributed by atoms with E-state index in [0.29, 0.717) is 12.2 Å². The number of hydrogen-bond acceptors (Lipinski definition) is 3. The van der Waals surface area contributed by atoms with E-state index in [-0.39, 0.29) is 5.82 Å². The lowest BCUT2D eigenvalue weighted by atomic mass is 10.3. The number of hydrogen-bond donors (Lipinski definition) is 1. The maximum atomic E-state index is 5.62. The minimum atomic E-state index is -1.59. The molecular weight excluding hydrogens is 232 g/mol. The molecule has 72 valence electrons. The first-order valence-corrected chi connectivity index (χ1v) is 4.68. The third-order valence-corrected chi connectivity index (χ3v) is 1.88. The van der Waals surface area contributed by atoms with Gasteiger partial charge in [-0.2, -0.15) is 0 Å². The van der Waals surface area contributed by atoms with E-state index in [2.05, 4.69) is 9.97 Å². The molecule has 0 saturated carbocycles. The molecule has 6 heteroatoms. The van der Waals surface area contributed by atoms with Crippen molar-refractivity contribution in [1.29, 1.82) is 0 Å². The first-order chi connectivity index (χ1) is 5.93. The SMILES string of the molecule is Cc1cc(CN)nc(C(Cl)(Cl)Cl)n1. The fourth-order valence-electron chi connectivity index (χ4n) is 0.865. The highest BCUT2D eigenvalue weighted by molar-refractivity contribution is 6.66. The van der Waals surface area contributed by atoms with Gasteiger partial charge in [0.2, 0.25) is 3.79 Å². The van der Waals surface area contributed by atoms with E-state index >= 15 is 0 Å². The van der Waals surface area contributed by atoms with Gasteiger partial charge in [-0.1, -0.05) is 34.8 Å². The summed E-state index contributed by atoms with van der Waals surface area (Å²) < 4.78 is -1.59. The molecule has 0 atom stereocenters. The number of rotatable bonds is 1. The summed E-state index contributed by atoms with van der Waals surface area (Å²) >= 11 is 16.9. The molecule has 0 aliphatic rings. The lowest BCUT2D eigenvalue weighted by Gasteiger charge is -2.10. The first-order valence-electron chi connectivity index (χ1n) is 3.55. The molecule has 3 nitrogen and oxygen atoms in total. The highest BCUT2D eigenvalue weighted by Crippen LogP contribution is 2.35. The lowest BCUT2D eigenvalue weighted by Crippen LogP contribution is -2.12. The summed E-state index contributed by atoms with van der Waals surface area (Å²) in [6.45, 7) is 2.10. The Morgan fingerprint density at radius 1 is 1.38 bits per heavy atom. The van der Waals surface area contributed by atoms with Gasteiger partial charge in [0, 0.05) is 12.2 Å². The Morgan fingerprint density at radius 3 is 2.46 bits per heavy atom. The van der Waals surface area contributed by atoms with Gasteiger partial charge >= 0.3 is 0 Å². The molecule has 1 aromatic heterocycles. The molecule has 0 aromatic carbocycles. The molecule has 0 spiro atoms. The van der Waals surface area contributed by atoms with Gasteiger partial charge in [-0.3, -0.25) is 0 Å². The van der Waals surface area contributed by atoms with Gasteiger partial charge < -0.3 is 5.73 Å². The van der Waals surface area contributed by atoms with Gasteiger partial charge in [0.25, 0.3) is 0 Å². The molecule has 0 unspecified atom stereocenters. The fraction of sp³-hybridized carbons (Fsp3) is 0.429. The van der Waals surface area contributed by atoms with Crippen LogP contribution in [0.25, 0.3) is 0 Å². The quantitative estimate of drug-likeness (QED) is 0.765. The van der Waals surface area contributed by atoms with Crippen LogP contribution in [0.2, 0.25) is 0 Å². The van der Waals surface area contributed by atoms with Crippen LogP contribution in [0.1, 0.15) is 17.2 Å². The van der Waals surface area contributed by atoms with Crippen LogP contribution in [0, 0.1) is 6.92 Å². The van der Waals surface area contributed by atoms with E-state index in [1.807, 2.05) is 0 Å². The number of nitrogens with two attached hydrogens (primary N) is 1. The Morgan fingerprint density at radius 2 is 2.00 bits per heavy atom. The van der Waals surface area contributed by atoms with Crippen molar-refractivity contribution in [3.63, 3.8) is 0 Å². The smallest absolute Gasteiger partial charge is 0.250 e. The zero-order chi connectivity index (χ0) is 10.1. The van der Waals surface area contributed by atoms with Crippen LogP contribution in [0.5, 0.6) is 0 Å². The standard InChI is InChI=1S/C7H8Cl3N3/c1-4-2-5(3-11)13-6(12-4)7(8,9)10/h2H,3,11H2,1H3. The maximum Gasteiger partial charge on any atom is 0.250 e. The average molecular weight is 241 g/mol. The molecular formula is C7H8Cl3N3. The van der Waals surface area contributed by atoms with Gasteiger partial charge in [-0.25, -0.2) is 9.97 Å². The van der Waals surface area contributed by atoms with Crippen molar-refractivity contribution >= 4 is 34.8 Å². The Bertz CT molecular complexity index is 308. The van der Waals surface area contributed by atoms with Gasteiger partial charge in [0.05, 0.1) is 5.69 Å². The Balaban J connectivity index is 3.16. The summed E-state index contributed by atoms with van der Waals surface area (Å²) in [4.78, 5) is 7.98. The van der Waals surface area contributed by atoms with Crippen molar-refractivity contribution in [2.75, 3.05) is 0 Å². The van der Waals surface area contributed by atoms with Crippen LogP contribution in [0.3, 0.4) is 0 Å². The number of nitrogens with zero attached hydrogens (tertiary/aromatic N) is 2. The zero-order valence-electron chi connectivity index (χ0n) is 6.89.